The van der Waals surface area contributed by atoms with Crippen molar-refractivity contribution in [1.29, 1.82) is 0 Å². The first-order valence-corrected chi connectivity index (χ1v) is 7.77. The molecule has 0 saturated carbocycles. The number of thioether (sulfide) groups is 1. The lowest BCUT2D eigenvalue weighted by molar-refractivity contribution is -0.119. The SMILES string of the molecule is CSCCCCCNC(=O)CNc1ccccc1. The lowest BCUT2D eigenvalue weighted by Gasteiger charge is -2.07. The molecule has 4 heteroatoms. The van der Waals surface area contributed by atoms with Crippen molar-refractivity contribution in [3.05, 3.63) is 30.3 Å². The Kier molecular flexibility index (Phi) is 8.13. The van der Waals surface area contributed by atoms with Crippen LogP contribution in [-0.2, 0) is 4.79 Å². The van der Waals surface area contributed by atoms with Gasteiger partial charge in [-0.05, 0) is 37.0 Å². The van der Waals surface area contributed by atoms with Gasteiger partial charge in [0.25, 0.3) is 0 Å². The minimum atomic E-state index is 0.0590. The summed E-state index contributed by atoms with van der Waals surface area (Å²) in [6.07, 6.45) is 5.61. The summed E-state index contributed by atoms with van der Waals surface area (Å²) in [5.74, 6) is 1.27. The number of hydrogen-bond donors (Lipinski definition) is 2. The molecule has 100 valence electrons. The lowest BCUT2D eigenvalue weighted by atomic mass is 10.2. The Morgan fingerprint density at radius 3 is 2.67 bits per heavy atom. The van der Waals surface area contributed by atoms with Gasteiger partial charge in [0.05, 0.1) is 6.54 Å². The van der Waals surface area contributed by atoms with Gasteiger partial charge < -0.3 is 10.6 Å². The van der Waals surface area contributed by atoms with Crippen molar-refractivity contribution in [1.82, 2.24) is 5.32 Å². The molecule has 0 fully saturated rings. The van der Waals surface area contributed by atoms with Crippen molar-refractivity contribution in [3.63, 3.8) is 0 Å². The van der Waals surface area contributed by atoms with Gasteiger partial charge in [-0.15, -0.1) is 0 Å². The number of nitrogens with one attached hydrogen (secondary N) is 2. The fraction of sp³-hybridized carbons (Fsp3) is 0.500. The Balaban J connectivity index is 2.01. The van der Waals surface area contributed by atoms with E-state index in [9.17, 15) is 4.79 Å². The minimum absolute atomic E-state index is 0.0590. The average Bonchev–Trinajstić information content (AvgIpc) is 2.41. The average molecular weight is 266 g/mol. The number of para-hydroxylation sites is 1. The van der Waals surface area contributed by atoms with E-state index in [2.05, 4.69) is 16.9 Å². The van der Waals surface area contributed by atoms with Crippen LogP contribution in [0.1, 0.15) is 19.3 Å². The molecule has 1 aromatic carbocycles. The first kappa shape index (κ1) is 14.9. The number of benzene rings is 1. The van der Waals surface area contributed by atoms with Crippen LogP contribution in [0.25, 0.3) is 0 Å². The van der Waals surface area contributed by atoms with Crippen molar-refractivity contribution >= 4 is 23.4 Å². The van der Waals surface area contributed by atoms with Crippen LogP contribution in [-0.4, -0.2) is 31.0 Å². The van der Waals surface area contributed by atoms with E-state index in [1.807, 2.05) is 42.1 Å². The molecule has 0 aromatic heterocycles. The van der Waals surface area contributed by atoms with Gasteiger partial charge >= 0.3 is 0 Å². The smallest absolute Gasteiger partial charge is 0.239 e. The van der Waals surface area contributed by atoms with E-state index in [4.69, 9.17) is 0 Å². The predicted molar refractivity (Wildman–Crippen MR) is 80.2 cm³/mol. The molecule has 0 bridgehead atoms. The second-order valence-electron chi connectivity index (χ2n) is 4.12. The van der Waals surface area contributed by atoms with Crippen LogP contribution in [0, 0.1) is 0 Å². The first-order chi connectivity index (χ1) is 8.83. The number of anilines is 1. The van der Waals surface area contributed by atoms with Crippen LogP contribution in [0.2, 0.25) is 0 Å². The van der Waals surface area contributed by atoms with Crippen LogP contribution < -0.4 is 10.6 Å². The van der Waals surface area contributed by atoms with E-state index < -0.39 is 0 Å². The Labute approximate surface area is 114 Å². The van der Waals surface area contributed by atoms with E-state index in [1.54, 1.807) is 0 Å². The van der Waals surface area contributed by atoms with Gasteiger partial charge in [0.15, 0.2) is 0 Å². The topological polar surface area (TPSA) is 41.1 Å². The fourth-order valence-electron chi connectivity index (χ4n) is 1.58. The van der Waals surface area contributed by atoms with E-state index >= 15 is 0 Å². The third kappa shape index (κ3) is 7.22. The third-order valence-electron chi connectivity index (χ3n) is 2.57. The molecule has 0 heterocycles. The van der Waals surface area contributed by atoms with Crippen molar-refractivity contribution in [3.8, 4) is 0 Å². The number of carbonyl (C=O) groups is 1. The first-order valence-electron chi connectivity index (χ1n) is 6.37. The van der Waals surface area contributed by atoms with E-state index in [-0.39, 0.29) is 5.91 Å². The quantitative estimate of drug-likeness (QED) is 0.675. The van der Waals surface area contributed by atoms with Gasteiger partial charge in [-0.3, -0.25) is 4.79 Å². The van der Waals surface area contributed by atoms with Crippen molar-refractivity contribution in [2.75, 3.05) is 30.4 Å². The highest BCUT2D eigenvalue weighted by Crippen LogP contribution is 2.03. The molecule has 0 saturated heterocycles. The molecule has 0 radical (unpaired) electrons. The fourth-order valence-corrected chi connectivity index (χ4v) is 2.07. The van der Waals surface area contributed by atoms with Gasteiger partial charge in [0.2, 0.25) is 5.91 Å². The Morgan fingerprint density at radius 2 is 1.94 bits per heavy atom. The molecule has 1 amide bonds. The zero-order valence-electron chi connectivity index (χ0n) is 10.9. The molecule has 0 aliphatic heterocycles. The largest absolute Gasteiger partial charge is 0.376 e. The van der Waals surface area contributed by atoms with Gasteiger partial charge in [0.1, 0.15) is 0 Å². The minimum Gasteiger partial charge on any atom is -0.376 e. The summed E-state index contributed by atoms with van der Waals surface area (Å²) in [6.45, 7) is 1.12. The third-order valence-corrected chi connectivity index (χ3v) is 3.27. The monoisotopic (exact) mass is 266 g/mol. The van der Waals surface area contributed by atoms with Gasteiger partial charge in [-0.2, -0.15) is 11.8 Å². The summed E-state index contributed by atoms with van der Waals surface area (Å²) in [6, 6.07) is 9.77. The molecule has 18 heavy (non-hydrogen) atoms. The maximum Gasteiger partial charge on any atom is 0.239 e. The molecule has 1 rings (SSSR count). The number of unbranched alkanes of at least 4 members (excludes halogenated alkanes) is 2. The number of amides is 1. The molecule has 2 N–H and O–H groups in total. The van der Waals surface area contributed by atoms with E-state index in [0.717, 1.165) is 18.7 Å². The number of rotatable bonds is 9. The molecule has 1 aromatic rings. The van der Waals surface area contributed by atoms with Gasteiger partial charge in [-0.25, -0.2) is 0 Å². The Bertz CT molecular complexity index is 330. The zero-order valence-corrected chi connectivity index (χ0v) is 11.8. The maximum absolute atomic E-state index is 11.5. The highest BCUT2D eigenvalue weighted by Gasteiger charge is 1.99. The summed E-state index contributed by atoms with van der Waals surface area (Å²) in [5.41, 5.74) is 0.979. The van der Waals surface area contributed by atoms with Crippen molar-refractivity contribution in [2.24, 2.45) is 0 Å². The molecular weight excluding hydrogens is 244 g/mol. The van der Waals surface area contributed by atoms with Crippen molar-refractivity contribution in [2.45, 2.75) is 19.3 Å². The molecular formula is C14H22N2OS. The molecule has 0 unspecified atom stereocenters. The normalized spacial score (nSPS) is 10.1. The van der Waals surface area contributed by atoms with Crippen LogP contribution in [0.3, 0.4) is 0 Å². The summed E-state index contributed by atoms with van der Waals surface area (Å²) in [4.78, 5) is 11.5. The molecule has 0 spiro atoms. The summed E-state index contributed by atoms with van der Waals surface area (Å²) < 4.78 is 0. The summed E-state index contributed by atoms with van der Waals surface area (Å²) >= 11 is 1.87. The summed E-state index contributed by atoms with van der Waals surface area (Å²) in [5, 5.41) is 6.01. The van der Waals surface area contributed by atoms with E-state index in [0.29, 0.717) is 6.54 Å². The second-order valence-corrected chi connectivity index (χ2v) is 5.11. The van der Waals surface area contributed by atoms with Gasteiger partial charge in [0, 0.05) is 12.2 Å². The van der Waals surface area contributed by atoms with E-state index in [1.165, 1.54) is 18.6 Å². The van der Waals surface area contributed by atoms with Gasteiger partial charge in [-0.1, -0.05) is 24.6 Å². The second kappa shape index (κ2) is 9.83. The van der Waals surface area contributed by atoms with Crippen LogP contribution in [0.4, 0.5) is 5.69 Å². The predicted octanol–water partition coefficient (Wildman–Crippen LogP) is 2.75. The number of hydrogen-bond acceptors (Lipinski definition) is 3. The standard InChI is InChI=1S/C14H22N2OS/c1-18-11-7-3-6-10-15-14(17)12-16-13-8-4-2-5-9-13/h2,4-5,8-9,16H,3,6-7,10-12H2,1H3,(H,15,17). The van der Waals surface area contributed by atoms with Crippen LogP contribution >= 0.6 is 11.8 Å². The zero-order chi connectivity index (χ0) is 13.1. The number of carbonyl (C=O) groups excluding carboxylic acids is 1. The van der Waals surface area contributed by atoms with Crippen LogP contribution in [0.5, 0.6) is 0 Å². The highest BCUT2D eigenvalue weighted by atomic mass is 32.2. The molecule has 0 aliphatic rings. The van der Waals surface area contributed by atoms with Crippen LogP contribution in [0.15, 0.2) is 30.3 Å². The Hall–Kier alpha value is -1.16. The lowest BCUT2D eigenvalue weighted by Crippen LogP contribution is -2.30. The molecule has 0 atom stereocenters. The molecule has 0 aliphatic carbocycles. The summed E-state index contributed by atoms with van der Waals surface area (Å²) in [7, 11) is 0. The van der Waals surface area contributed by atoms with Crippen molar-refractivity contribution < 1.29 is 4.79 Å². The Morgan fingerprint density at radius 1 is 1.17 bits per heavy atom. The maximum atomic E-state index is 11.5. The highest BCUT2D eigenvalue weighted by molar-refractivity contribution is 7.98. The molecule has 3 nitrogen and oxygen atoms in total.